The fraction of sp³-hybridized carbons (Fsp3) is 0.562. The van der Waals surface area contributed by atoms with Crippen LogP contribution in [0.2, 0.25) is 0 Å². The van der Waals surface area contributed by atoms with Gasteiger partial charge in [0.1, 0.15) is 5.82 Å². The van der Waals surface area contributed by atoms with Crippen molar-refractivity contribution in [1.82, 2.24) is 9.80 Å². The molecular weight excluding hydrogens is 271 g/mol. The van der Waals surface area contributed by atoms with Gasteiger partial charge in [0.2, 0.25) is 0 Å². The fourth-order valence-corrected chi connectivity index (χ4v) is 2.47. The molecule has 0 bridgehead atoms. The van der Waals surface area contributed by atoms with E-state index in [0.717, 1.165) is 26.1 Å². The van der Waals surface area contributed by atoms with Crippen LogP contribution in [0.3, 0.4) is 0 Å². The van der Waals surface area contributed by atoms with Crippen LogP contribution >= 0.6 is 0 Å². The van der Waals surface area contributed by atoms with Crippen molar-refractivity contribution in [3.05, 3.63) is 35.1 Å². The summed E-state index contributed by atoms with van der Waals surface area (Å²) in [5.41, 5.74) is 0.999. The highest BCUT2D eigenvalue weighted by atomic mass is 19.1. The summed E-state index contributed by atoms with van der Waals surface area (Å²) in [6.45, 7) is 5.98. The number of β-amino-alcohol motifs (C(OH)–C–C–N with tert-alkyl or cyclic N) is 1. The number of aliphatic hydroxyl groups excluding tert-OH is 1. The van der Waals surface area contributed by atoms with Crippen LogP contribution in [0.15, 0.2) is 18.2 Å². The molecule has 4 nitrogen and oxygen atoms in total. The second-order valence-corrected chi connectivity index (χ2v) is 5.93. The van der Waals surface area contributed by atoms with Gasteiger partial charge in [-0.3, -0.25) is 9.69 Å². The Morgan fingerprint density at radius 3 is 2.76 bits per heavy atom. The Balaban J connectivity index is 1.89. The quantitative estimate of drug-likeness (QED) is 0.898. The van der Waals surface area contributed by atoms with E-state index in [9.17, 15) is 14.3 Å². The summed E-state index contributed by atoms with van der Waals surface area (Å²) >= 11 is 0. The van der Waals surface area contributed by atoms with E-state index in [-0.39, 0.29) is 23.9 Å². The second kappa shape index (κ2) is 6.54. The highest BCUT2D eigenvalue weighted by Gasteiger charge is 2.25. The van der Waals surface area contributed by atoms with Crippen molar-refractivity contribution in [2.75, 3.05) is 26.7 Å². The molecule has 21 heavy (non-hydrogen) atoms. The van der Waals surface area contributed by atoms with Crippen molar-refractivity contribution in [3.8, 4) is 0 Å². The van der Waals surface area contributed by atoms with Crippen LogP contribution in [0, 0.1) is 12.7 Å². The first-order valence-corrected chi connectivity index (χ1v) is 7.32. The van der Waals surface area contributed by atoms with Crippen molar-refractivity contribution in [2.24, 2.45) is 0 Å². The highest BCUT2D eigenvalue weighted by molar-refractivity contribution is 5.94. The smallest absolute Gasteiger partial charge is 0.253 e. The summed E-state index contributed by atoms with van der Waals surface area (Å²) < 4.78 is 13.3. The van der Waals surface area contributed by atoms with Gasteiger partial charge in [-0.1, -0.05) is 0 Å². The molecule has 0 aliphatic carbocycles. The van der Waals surface area contributed by atoms with Crippen molar-refractivity contribution >= 4 is 5.91 Å². The largest absolute Gasteiger partial charge is 0.390 e. The maximum absolute atomic E-state index is 13.3. The molecular formula is C16H23FN2O2. The normalized spacial score (nSPS) is 17.4. The minimum Gasteiger partial charge on any atom is -0.390 e. The van der Waals surface area contributed by atoms with E-state index in [4.69, 9.17) is 0 Å². The van der Waals surface area contributed by atoms with Gasteiger partial charge in [0.15, 0.2) is 0 Å². The van der Waals surface area contributed by atoms with Crippen LogP contribution in [-0.2, 0) is 0 Å². The van der Waals surface area contributed by atoms with Crippen molar-refractivity contribution in [3.63, 3.8) is 0 Å². The van der Waals surface area contributed by atoms with Gasteiger partial charge in [-0.15, -0.1) is 0 Å². The number of carbonyl (C=O) groups is 1. The van der Waals surface area contributed by atoms with Crippen LogP contribution in [0.1, 0.15) is 29.3 Å². The predicted molar refractivity (Wildman–Crippen MR) is 79.8 cm³/mol. The van der Waals surface area contributed by atoms with E-state index in [1.165, 1.54) is 12.1 Å². The van der Waals surface area contributed by atoms with Crippen LogP contribution in [0.4, 0.5) is 4.39 Å². The Morgan fingerprint density at radius 1 is 1.52 bits per heavy atom. The summed E-state index contributed by atoms with van der Waals surface area (Å²) in [7, 11) is 1.77. The number of halogens is 1. The monoisotopic (exact) mass is 294 g/mol. The van der Waals surface area contributed by atoms with Crippen LogP contribution in [0.25, 0.3) is 0 Å². The number of rotatable bonds is 5. The fourth-order valence-electron chi connectivity index (χ4n) is 2.47. The van der Waals surface area contributed by atoms with E-state index >= 15 is 0 Å². The third kappa shape index (κ3) is 3.80. The van der Waals surface area contributed by atoms with E-state index in [0.29, 0.717) is 11.1 Å². The first-order valence-electron chi connectivity index (χ1n) is 7.32. The molecule has 116 valence electrons. The summed E-state index contributed by atoms with van der Waals surface area (Å²) in [5, 5.41) is 9.24. The Labute approximate surface area is 125 Å². The van der Waals surface area contributed by atoms with Gasteiger partial charge in [0.05, 0.1) is 6.10 Å². The molecule has 0 aromatic heterocycles. The minimum absolute atomic E-state index is 0.0887. The number of carbonyl (C=O) groups excluding carboxylic acids is 1. The summed E-state index contributed by atoms with van der Waals surface area (Å²) in [5.74, 6) is -0.382. The molecule has 1 aliphatic heterocycles. The molecule has 1 amide bonds. The molecule has 1 unspecified atom stereocenters. The average Bonchev–Trinajstić information content (AvgIpc) is 2.43. The van der Waals surface area contributed by atoms with Gasteiger partial charge in [0.25, 0.3) is 5.91 Å². The molecule has 1 aromatic rings. The lowest BCUT2D eigenvalue weighted by Crippen LogP contribution is -2.51. The molecule has 1 heterocycles. The topological polar surface area (TPSA) is 43.8 Å². The van der Waals surface area contributed by atoms with E-state index < -0.39 is 0 Å². The Kier molecular flexibility index (Phi) is 4.96. The Bertz CT molecular complexity index is 515. The number of hydrogen-bond donors (Lipinski definition) is 1. The molecule has 1 atom stereocenters. The van der Waals surface area contributed by atoms with Gasteiger partial charge < -0.3 is 10.0 Å². The third-order valence-electron chi connectivity index (χ3n) is 4.19. The lowest BCUT2D eigenvalue weighted by molar-refractivity contribution is -0.00145. The van der Waals surface area contributed by atoms with Gasteiger partial charge in [-0.05, 0) is 44.0 Å². The number of nitrogens with zero attached hydrogens (tertiary/aromatic N) is 2. The van der Waals surface area contributed by atoms with Gasteiger partial charge >= 0.3 is 0 Å². The predicted octanol–water partition coefficient (Wildman–Crippen LogP) is 1.66. The molecule has 1 aromatic carbocycles. The first-order chi connectivity index (χ1) is 9.88. The molecule has 1 aliphatic rings. The van der Waals surface area contributed by atoms with Crippen LogP contribution in [-0.4, -0.2) is 59.6 Å². The van der Waals surface area contributed by atoms with Crippen LogP contribution < -0.4 is 0 Å². The number of aryl methyl sites for hydroxylation is 1. The van der Waals surface area contributed by atoms with E-state index in [2.05, 4.69) is 4.90 Å². The number of aliphatic hydroxyl groups is 1. The van der Waals surface area contributed by atoms with Crippen molar-refractivity contribution in [2.45, 2.75) is 32.4 Å². The van der Waals surface area contributed by atoms with Gasteiger partial charge in [-0.25, -0.2) is 4.39 Å². The Morgan fingerprint density at radius 2 is 2.19 bits per heavy atom. The lowest BCUT2D eigenvalue weighted by Gasteiger charge is -2.37. The zero-order valence-electron chi connectivity index (χ0n) is 12.8. The SMILES string of the molecule is Cc1cc(C(=O)N(C)C(C)CCN2CC(O)C2)ccc1F. The third-order valence-corrected chi connectivity index (χ3v) is 4.19. The number of amides is 1. The second-order valence-electron chi connectivity index (χ2n) is 5.93. The van der Waals surface area contributed by atoms with E-state index in [1.54, 1.807) is 24.9 Å². The van der Waals surface area contributed by atoms with Crippen LogP contribution in [0.5, 0.6) is 0 Å². The molecule has 0 radical (unpaired) electrons. The molecule has 5 heteroatoms. The van der Waals surface area contributed by atoms with Crippen molar-refractivity contribution in [1.29, 1.82) is 0 Å². The van der Waals surface area contributed by atoms with E-state index in [1.807, 2.05) is 6.92 Å². The molecule has 1 N–H and O–H groups in total. The molecule has 1 saturated heterocycles. The zero-order chi connectivity index (χ0) is 15.6. The number of hydrogen-bond acceptors (Lipinski definition) is 3. The molecule has 1 fully saturated rings. The summed E-state index contributed by atoms with van der Waals surface area (Å²) in [4.78, 5) is 16.2. The summed E-state index contributed by atoms with van der Waals surface area (Å²) in [6.07, 6.45) is 0.664. The maximum Gasteiger partial charge on any atom is 0.253 e. The number of likely N-dealkylation sites (tertiary alicyclic amines) is 1. The number of benzene rings is 1. The standard InChI is InChI=1S/C16H23FN2O2/c1-11-8-13(4-5-15(11)17)16(21)18(3)12(2)6-7-19-9-14(20)10-19/h4-5,8,12,14,20H,6-7,9-10H2,1-3H3. The van der Waals surface area contributed by atoms with Gasteiger partial charge in [0, 0.05) is 38.3 Å². The minimum atomic E-state index is -0.293. The lowest BCUT2D eigenvalue weighted by atomic mass is 10.1. The molecule has 0 spiro atoms. The summed E-state index contributed by atoms with van der Waals surface area (Å²) in [6, 6.07) is 4.55. The zero-order valence-corrected chi connectivity index (χ0v) is 12.8. The molecule has 2 rings (SSSR count). The first kappa shape index (κ1) is 15.9. The maximum atomic E-state index is 13.3. The Hall–Kier alpha value is -1.46. The van der Waals surface area contributed by atoms with Gasteiger partial charge in [-0.2, -0.15) is 0 Å². The average molecular weight is 294 g/mol. The highest BCUT2D eigenvalue weighted by Crippen LogP contribution is 2.15. The van der Waals surface area contributed by atoms with Crippen molar-refractivity contribution < 1.29 is 14.3 Å². The molecule has 0 saturated carbocycles.